The van der Waals surface area contributed by atoms with Gasteiger partial charge in [0.2, 0.25) is 0 Å². The van der Waals surface area contributed by atoms with Crippen LogP contribution in [-0.2, 0) is 0 Å². The van der Waals surface area contributed by atoms with Gasteiger partial charge in [0, 0.05) is 18.8 Å². The van der Waals surface area contributed by atoms with E-state index in [-0.39, 0.29) is 17.5 Å². The molecule has 142 valence electrons. The zero-order valence-corrected chi connectivity index (χ0v) is 15.8. The number of nitrogens with zero attached hydrogens (tertiary/aromatic N) is 2. The molecule has 6 nitrogen and oxygen atoms in total. The molecule has 1 N–H and O–H groups in total. The maximum Gasteiger partial charge on any atom is 0.274 e. The van der Waals surface area contributed by atoms with Gasteiger partial charge in [0.1, 0.15) is 17.1 Å². The molecule has 0 aliphatic carbocycles. The number of rotatable bonds is 5. The van der Waals surface area contributed by atoms with Crippen LogP contribution in [0.5, 0.6) is 5.75 Å². The summed E-state index contributed by atoms with van der Waals surface area (Å²) >= 11 is 0. The van der Waals surface area contributed by atoms with E-state index in [4.69, 9.17) is 4.74 Å². The zero-order valence-electron chi connectivity index (χ0n) is 15.8. The van der Waals surface area contributed by atoms with Gasteiger partial charge in [-0.05, 0) is 62.1 Å². The highest BCUT2D eigenvalue weighted by molar-refractivity contribution is 6.03. The molecular weight excluding hydrogens is 342 g/mol. The van der Waals surface area contributed by atoms with Crippen molar-refractivity contribution in [3.05, 3.63) is 53.9 Å². The highest BCUT2D eigenvalue weighted by atomic mass is 16.5. The maximum absolute atomic E-state index is 12.7. The van der Waals surface area contributed by atoms with E-state index in [1.54, 1.807) is 42.5 Å². The summed E-state index contributed by atoms with van der Waals surface area (Å²) in [5.74, 6) is 0.934. The number of carbonyl (C=O) groups is 2. The lowest BCUT2D eigenvalue weighted by Crippen LogP contribution is -2.38. The predicted octanol–water partition coefficient (Wildman–Crippen LogP) is 3.60. The first-order valence-corrected chi connectivity index (χ1v) is 9.37. The monoisotopic (exact) mass is 367 g/mol. The van der Waals surface area contributed by atoms with Crippen LogP contribution in [-0.4, -0.2) is 41.4 Å². The van der Waals surface area contributed by atoms with Gasteiger partial charge in [0.25, 0.3) is 11.8 Å². The number of hydrogen-bond donors (Lipinski definition) is 1. The van der Waals surface area contributed by atoms with Crippen LogP contribution in [0.2, 0.25) is 0 Å². The number of hydrogen-bond acceptors (Lipinski definition) is 4. The number of piperidine rings is 1. The van der Waals surface area contributed by atoms with E-state index in [2.05, 4.69) is 17.2 Å². The van der Waals surface area contributed by atoms with Crippen LogP contribution in [0.4, 0.5) is 5.69 Å². The number of pyridine rings is 1. The molecule has 1 aromatic heterocycles. The Morgan fingerprint density at radius 3 is 2.44 bits per heavy atom. The summed E-state index contributed by atoms with van der Waals surface area (Å²) in [7, 11) is 0. The Kier molecular flexibility index (Phi) is 6.06. The van der Waals surface area contributed by atoms with E-state index in [1.165, 1.54) is 0 Å². The number of nitrogens with one attached hydrogen (secondary N) is 1. The van der Waals surface area contributed by atoms with Crippen LogP contribution in [0.15, 0.2) is 42.5 Å². The largest absolute Gasteiger partial charge is 0.494 e. The Morgan fingerprint density at radius 1 is 1.11 bits per heavy atom. The van der Waals surface area contributed by atoms with E-state index in [1.807, 2.05) is 11.8 Å². The molecule has 1 aliphatic rings. The highest BCUT2D eigenvalue weighted by Crippen LogP contribution is 2.19. The van der Waals surface area contributed by atoms with Gasteiger partial charge >= 0.3 is 0 Å². The molecule has 27 heavy (non-hydrogen) atoms. The average Bonchev–Trinajstić information content (AvgIpc) is 2.70. The second-order valence-corrected chi connectivity index (χ2v) is 6.79. The quantitative estimate of drug-likeness (QED) is 0.876. The summed E-state index contributed by atoms with van der Waals surface area (Å²) in [6.07, 6.45) is 2.01. The minimum atomic E-state index is -0.346. The fourth-order valence-electron chi connectivity index (χ4n) is 3.05. The molecule has 1 fully saturated rings. The average molecular weight is 367 g/mol. The van der Waals surface area contributed by atoms with Crippen molar-refractivity contribution in [3.8, 4) is 5.75 Å². The van der Waals surface area contributed by atoms with Gasteiger partial charge in [-0.15, -0.1) is 0 Å². The highest BCUT2D eigenvalue weighted by Gasteiger charge is 2.23. The second-order valence-electron chi connectivity index (χ2n) is 6.79. The maximum atomic E-state index is 12.7. The SMILES string of the molecule is CCOc1ccc(NC(=O)c2cccc(C(=O)N3CCC(C)CC3)n2)cc1. The number of ether oxygens (including phenoxy) is 1. The van der Waals surface area contributed by atoms with Crippen molar-refractivity contribution in [2.75, 3.05) is 25.0 Å². The third-order valence-electron chi connectivity index (χ3n) is 4.69. The third kappa shape index (κ3) is 4.84. The molecule has 0 bridgehead atoms. The number of carbonyl (C=O) groups excluding carboxylic acids is 2. The van der Waals surface area contributed by atoms with Gasteiger partial charge in [-0.25, -0.2) is 4.98 Å². The van der Waals surface area contributed by atoms with Gasteiger partial charge in [-0.1, -0.05) is 13.0 Å². The normalized spacial score (nSPS) is 14.7. The number of aromatic nitrogens is 1. The Morgan fingerprint density at radius 2 is 1.78 bits per heavy atom. The first kappa shape index (κ1) is 18.9. The number of anilines is 1. The van der Waals surface area contributed by atoms with E-state index in [0.717, 1.165) is 31.7 Å². The fourth-order valence-corrected chi connectivity index (χ4v) is 3.05. The first-order valence-electron chi connectivity index (χ1n) is 9.37. The molecule has 0 saturated carbocycles. The number of benzene rings is 1. The summed E-state index contributed by atoms with van der Waals surface area (Å²) in [6.45, 7) is 6.19. The van der Waals surface area contributed by atoms with Gasteiger partial charge in [-0.3, -0.25) is 9.59 Å². The van der Waals surface area contributed by atoms with Gasteiger partial charge in [0.15, 0.2) is 0 Å². The molecule has 3 rings (SSSR count). The third-order valence-corrected chi connectivity index (χ3v) is 4.69. The molecule has 1 aliphatic heterocycles. The van der Waals surface area contributed by atoms with Crippen LogP contribution >= 0.6 is 0 Å². The molecule has 2 heterocycles. The van der Waals surface area contributed by atoms with E-state index in [9.17, 15) is 9.59 Å². The minimum absolute atomic E-state index is 0.113. The van der Waals surface area contributed by atoms with Crippen molar-refractivity contribution >= 4 is 17.5 Å². The van der Waals surface area contributed by atoms with Crippen LogP contribution in [0, 0.1) is 5.92 Å². The van der Waals surface area contributed by atoms with Crippen LogP contribution in [0.3, 0.4) is 0 Å². The number of likely N-dealkylation sites (tertiary alicyclic amines) is 1. The van der Waals surface area contributed by atoms with E-state index < -0.39 is 0 Å². The topological polar surface area (TPSA) is 71.5 Å². The van der Waals surface area contributed by atoms with E-state index >= 15 is 0 Å². The van der Waals surface area contributed by atoms with E-state index in [0.29, 0.717) is 23.9 Å². The lowest BCUT2D eigenvalue weighted by atomic mass is 9.99. The molecule has 2 aromatic rings. The van der Waals surface area contributed by atoms with Gasteiger partial charge in [-0.2, -0.15) is 0 Å². The van der Waals surface area contributed by atoms with Crippen molar-refractivity contribution in [2.24, 2.45) is 5.92 Å². The smallest absolute Gasteiger partial charge is 0.274 e. The lowest BCUT2D eigenvalue weighted by Gasteiger charge is -2.30. The molecule has 2 amide bonds. The zero-order chi connectivity index (χ0) is 19.2. The molecule has 0 radical (unpaired) electrons. The molecule has 1 aromatic carbocycles. The lowest BCUT2D eigenvalue weighted by molar-refractivity contribution is 0.0691. The molecule has 6 heteroatoms. The van der Waals surface area contributed by atoms with Crippen molar-refractivity contribution < 1.29 is 14.3 Å². The number of amides is 2. The molecular formula is C21H25N3O3. The Labute approximate surface area is 159 Å². The summed E-state index contributed by atoms with van der Waals surface area (Å²) in [4.78, 5) is 31.2. The van der Waals surface area contributed by atoms with Crippen LogP contribution in [0.1, 0.15) is 47.7 Å². The minimum Gasteiger partial charge on any atom is -0.494 e. The van der Waals surface area contributed by atoms with Crippen molar-refractivity contribution in [3.63, 3.8) is 0 Å². The summed E-state index contributed by atoms with van der Waals surface area (Å²) in [5.41, 5.74) is 1.18. The van der Waals surface area contributed by atoms with Gasteiger partial charge < -0.3 is 15.0 Å². The second kappa shape index (κ2) is 8.66. The van der Waals surface area contributed by atoms with Crippen LogP contribution in [0.25, 0.3) is 0 Å². The first-order chi connectivity index (χ1) is 13.1. The Bertz CT molecular complexity index is 797. The van der Waals surface area contributed by atoms with Crippen molar-refractivity contribution in [2.45, 2.75) is 26.7 Å². The van der Waals surface area contributed by atoms with Crippen molar-refractivity contribution in [1.82, 2.24) is 9.88 Å². The predicted molar refractivity (Wildman–Crippen MR) is 104 cm³/mol. The Hall–Kier alpha value is -2.89. The molecule has 1 saturated heterocycles. The summed E-state index contributed by atoms with van der Waals surface area (Å²) in [6, 6.07) is 12.1. The van der Waals surface area contributed by atoms with Gasteiger partial charge in [0.05, 0.1) is 6.61 Å². The molecule has 0 spiro atoms. The summed E-state index contributed by atoms with van der Waals surface area (Å²) < 4.78 is 5.39. The standard InChI is InChI=1S/C21H25N3O3/c1-3-27-17-9-7-16(8-10-17)22-20(25)18-5-4-6-19(23-18)21(26)24-13-11-15(2)12-14-24/h4-10,15H,3,11-14H2,1-2H3,(H,22,25). The molecule has 0 atom stereocenters. The summed E-state index contributed by atoms with van der Waals surface area (Å²) in [5, 5.41) is 2.80. The van der Waals surface area contributed by atoms with Crippen molar-refractivity contribution in [1.29, 1.82) is 0 Å². The Balaban J connectivity index is 1.67. The fraction of sp³-hybridized carbons (Fsp3) is 0.381. The molecule has 0 unspecified atom stereocenters. The van der Waals surface area contributed by atoms with Crippen LogP contribution < -0.4 is 10.1 Å².